The van der Waals surface area contributed by atoms with Crippen LogP contribution in [0.4, 0.5) is 0 Å². The van der Waals surface area contributed by atoms with Crippen molar-refractivity contribution in [3.05, 3.63) is 0 Å². The van der Waals surface area contributed by atoms with Gasteiger partial charge in [-0.3, -0.25) is 14.4 Å². The number of hydrogen-bond acceptors (Lipinski definition) is 3. The molecule has 1 atom stereocenters. The predicted molar refractivity (Wildman–Crippen MR) is 62.4 cm³/mol. The molecule has 0 heterocycles. The Labute approximate surface area is 101 Å². The van der Waals surface area contributed by atoms with Gasteiger partial charge in [0.05, 0.1) is 0 Å². The van der Waals surface area contributed by atoms with Gasteiger partial charge in [-0.25, -0.2) is 0 Å². The number of carbonyl (C=O) groups is 3. The zero-order valence-electron chi connectivity index (χ0n) is 10.5. The van der Waals surface area contributed by atoms with Gasteiger partial charge in [-0.05, 0) is 13.3 Å². The maximum atomic E-state index is 11.8. The maximum Gasteiger partial charge on any atom is 0.323 e. The van der Waals surface area contributed by atoms with E-state index in [4.69, 9.17) is 5.11 Å². The van der Waals surface area contributed by atoms with Gasteiger partial charge in [0.25, 0.3) is 0 Å². The summed E-state index contributed by atoms with van der Waals surface area (Å²) in [5.74, 6) is -1.49. The van der Waals surface area contributed by atoms with Crippen LogP contribution in [0.2, 0.25) is 0 Å². The third-order valence-corrected chi connectivity index (χ3v) is 2.46. The fraction of sp³-hybridized carbons (Fsp3) is 0.727. The van der Waals surface area contributed by atoms with Crippen molar-refractivity contribution in [2.24, 2.45) is 0 Å². The number of rotatable bonds is 7. The fourth-order valence-electron chi connectivity index (χ4n) is 1.35. The largest absolute Gasteiger partial charge is 0.480 e. The number of carboxylic acid groups (broad SMARTS) is 1. The zero-order chi connectivity index (χ0) is 13.4. The Balaban J connectivity index is 4.32. The van der Waals surface area contributed by atoms with E-state index >= 15 is 0 Å². The molecule has 0 aliphatic carbocycles. The minimum atomic E-state index is -1.03. The van der Waals surface area contributed by atoms with E-state index in [0.29, 0.717) is 6.42 Å². The second kappa shape index (κ2) is 7.65. The lowest BCUT2D eigenvalue weighted by molar-refractivity contribution is -0.146. The number of aliphatic carboxylic acids is 1. The van der Waals surface area contributed by atoms with Crippen LogP contribution in [0.25, 0.3) is 0 Å². The van der Waals surface area contributed by atoms with E-state index in [1.54, 1.807) is 6.92 Å². The number of amides is 2. The Morgan fingerprint density at radius 2 is 1.94 bits per heavy atom. The number of nitrogens with zero attached hydrogens (tertiary/aromatic N) is 1. The topological polar surface area (TPSA) is 86.7 Å². The summed E-state index contributed by atoms with van der Waals surface area (Å²) >= 11 is 0. The summed E-state index contributed by atoms with van der Waals surface area (Å²) in [5.41, 5.74) is 0. The molecule has 98 valence electrons. The molecule has 0 fully saturated rings. The number of carbonyl (C=O) groups excluding carboxylic acids is 2. The highest BCUT2D eigenvalue weighted by Crippen LogP contribution is 2.05. The zero-order valence-corrected chi connectivity index (χ0v) is 10.5. The lowest BCUT2D eigenvalue weighted by atomic mass is 10.2. The van der Waals surface area contributed by atoms with Crippen molar-refractivity contribution in [1.29, 1.82) is 0 Å². The van der Waals surface area contributed by atoms with Crippen molar-refractivity contribution in [2.75, 3.05) is 13.1 Å². The van der Waals surface area contributed by atoms with Crippen LogP contribution in [0.3, 0.4) is 0 Å². The molecule has 0 radical (unpaired) electrons. The summed E-state index contributed by atoms with van der Waals surface area (Å²) < 4.78 is 0. The van der Waals surface area contributed by atoms with Crippen molar-refractivity contribution in [2.45, 2.75) is 39.7 Å². The fourth-order valence-corrected chi connectivity index (χ4v) is 1.35. The summed E-state index contributed by atoms with van der Waals surface area (Å²) in [6.45, 7) is 5.00. The van der Waals surface area contributed by atoms with Crippen LogP contribution in [-0.2, 0) is 14.4 Å². The first-order valence-corrected chi connectivity index (χ1v) is 5.64. The van der Waals surface area contributed by atoms with Gasteiger partial charge in [0, 0.05) is 25.9 Å². The molecule has 6 heteroatoms. The summed E-state index contributed by atoms with van der Waals surface area (Å²) in [7, 11) is 0. The second-order valence-corrected chi connectivity index (χ2v) is 3.91. The van der Waals surface area contributed by atoms with Gasteiger partial charge in [0.1, 0.15) is 6.54 Å². The molecular weight excluding hydrogens is 224 g/mol. The van der Waals surface area contributed by atoms with Crippen LogP contribution < -0.4 is 5.32 Å². The van der Waals surface area contributed by atoms with E-state index in [9.17, 15) is 14.4 Å². The lowest BCUT2D eigenvalue weighted by Gasteiger charge is -2.27. The molecule has 0 spiro atoms. The SMILES string of the molecule is CCC(C)N(CC(=O)O)C(=O)CCNC(C)=O. The molecule has 0 rings (SSSR count). The average Bonchev–Trinajstić information content (AvgIpc) is 2.23. The van der Waals surface area contributed by atoms with Gasteiger partial charge in [-0.2, -0.15) is 0 Å². The Morgan fingerprint density at radius 1 is 1.35 bits per heavy atom. The predicted octanol–water partition coefficient (Wildman–Crippen LogP) is 0.224. The van der Waals surface area contributed by atoms with E-state index in [1.807, 2.05) is 6.92 Å². The molecule has 0 aromatic rings. The van der Waals surface area contributed by atoms with Crippen molar-refractivity contribution in [3.8, 4) is 0 Å². The number of hydrogen-bond donors (Lipinski definition) is 2. The van der Waals surface area contributed by atoms with E-state index in [-0.39, 0.29) is 37.4 Å². The quantitative estimate of drug-likeness (QED) is 0.671. The van der Waals surface area contributed by atoms with Crippen LogP contribution in [0.15, 0.2) is 0 Å². The van der Waals surface area contributed by atoms with Gasteiger partial charge in [-0.15, -0.1) is 0 Å². The van der Waals surface area contributed by atoms with Gasteiger partial charge >= 0.3 is 5.97 Å². The molecule has 1 unspecified atom stereocenters. The normalized spacial score (nSPS) is 11.7. The molecule has 0 aliphatic heterocycles. The van der Waals surface area contributed by atoms with Crippen LogP contribution in [-0.4, -0.2) is 46.9 Å². The molecule has 0 saturated carbocycles. The number of carboxylic acids is 1. The van der Waals surface area contributed by atoms with E-state index in [1.165, 1.54) is 11.8 Å². The third kappa shape index (κ3) is 6.55. The molecular formula is C11H20N2O4. The first-order chi connectivity index (χ1) is 7.88. The first-order valence-electron chi connectivity index (χ1n) is 5.64. The third-order valence-electron chi connectivity index (χ3n) is 2.46. The summed E-state index contributed by atoms with van der Waals surface area (Å²) in [4.78, 5) is 34.4. The Hall–Kier alpha value is -1.59. The molecule has 2 amide bonds. The standard InChI is InChI=1S/C11H20N2O4/c1-4-8(2)13(7-11(16)17)10(15)5-6-12-9(3)14/h8H,4-7H2,1-3H3,(H,12,14)(H,16,17). The van der Waals surface area contributed by atoms with Crippen molar-refractivity contribution in [1.82, 2.24) is 10.2 Å². The first kappa shape index (κ1) is 15.4. The molecule has 0 aromatic heterocycles. The minimum absolute atomic E-state index is 0.115. The monoisotopic (exact) mass is 244 g/mol. The van der Waals surface area contributed by atoms with E-state index < -0.39 is 5.97 Å². The molecule has 0 aromatic carbocycles. The van der Waals surface area contributed by atoms with Crippen molar-refractivity contribution < 1.29 is 19.5 Å². The van der Waals surface area contributed by atoms with Crippen molar-refractivity contribution in [3.63, 3.8) is 0 Å². The molecule has 0 bridgehead atoms. The van der Waals surface area contributed by atoms with E-state index in [2.05, 4.69) is 5.32 Å². The second-order valence-electron chi connectivity index (χ2n) is 3.91. The molecule has 6 nitrogen and oxygen atoms in total. The number of nitrogens with one attached hydrogen (secondary N) is 1. The molecule has 0 saturated heterocycles. The maximum absolute atomic E-state index is 11.8. The van der Waals surface area contributed by atoms with Gasteiger partial charge in [0.2, 0.25) is 11.8 Å². The smallest absolute Gasteiger partial charge is 0.323 e. The van der Waals surface area contributed by atoms with Gasteiger partial charge < -0.3 is 15.3 Å². The molecule has 17 heavy (non-hydrogen) atoms. The van der Waals surface area contributed by atoms with Crippen LogP contribution in [0, 0.1) is 0 Å². The summed E-state index contributed by atoms with van der Waals surface area (Å²) in [6, 6.07) is -0.115. The van der Waals surface area contributed by atoms with Gasteiger partial charge in [-0.1, -0.05) is 6.92 Å². The summed E-state index contributed by atoms with van der Waals surface area (Å²) in [6.07, 6.45) is 0.816. The Bertz CT molecular complexity index is 291. The Kier molecular flexibility index (Phi) is 6.93. The molecule has 0 aliphatic rings. The minimum Gasteiger partial charge on any atom is -0.480 e. The van der Waals surface area contributed by atoms with Crippen molar-refractivity contribution >= 4 is 17.8 Å². The summed E-state index contributed by atoms with van der Waals surface area (Å²) in [5, 5.41) is 11.2. The highest BCUT2D eigenvalue weighted by Gasteiger charge is 2.20. The average molecular weight is 244 g/mol. The highest BCUT2D eigenvalue weighted by atomic mass is 16.4. The molecule has 2 N–H and O–H groups in total. The van der Waals surface area contributed by atoms with E-state index in [0.717, 1.165) is 0 Å². The van der Waals surface area contributed by atoms with Crippen LogP contribution in [0.1, 0.15) is 33.6 Å². The van der Waals surface area contributed by atoms with Crippen LogP contribution >= 0.6 is 0 Å². The van der Waals surface area contributed by atoms with Gasteiger partial charge in [0.15, 0.2) is 0 Å². The lowest BCUT2D eigenvalue weighted by Crippen LogP contribution is -2.43. The highest BCUT2D eigenvalue weighted by molar-refractivity contribution is 5.82. The Morgan fingerprint density at radius 3 is 2.35 bits per heavy atom. The van der Waals surface area contributed by atoms with Crippen LogP contribution in [0.5, 0.6) is 0 Å².